The van der Waals surface area contributed by atoms with Crippen LogP contribution in [0.25, 0.3) is 11.0 Å². The van der Waals surface area contributed by atoms with E-state index in [1.165, 1.54) is 4.57 Å². The molecule has 0 spiro atoms. The van der Waals surface area contributed by atoms with Gasteiger partial charge in [0.1, 0.15) is 5.65 Å². The van der Waals surface area contributed by atoms with Crippen LogP contribution in [0.4, 0.5) is 5.69 Å². The third-order valence-electron chi connectivity index (χ3n) is 2.89. The molecule has 0 aromatic carbocycles. The van der Waals surface area contributed by atoms with Gasteiger partial charge in [0, 0.05) is 18.1 Å². The van der Waals surface area contributed by atoms with E-state index in [0.29, 0.717) is 17.0 Å². The van der Waals surface area contributed by atoms with Crippen molar-refractivity contribution >= 4 is 22.7 Å². The van der Waals surface area contributed by atoms with Gasteiger partial charge in [-0.15, -0.1) is 0 Å². The molecule has 0 amide bonds. The summed E-state index contributed by atoms with van der Waals surface area (Å²) in [6.07, 6.45) is 0. The molecule has 0 atom stereocenters. The Labute approximate surface area is 98.9 Å². The first kappa shape index (κ1) is 11.4. The quantitative estimate of drug-likeness (QED) is 0.831. The highest BCUT2D eigenvalue weighted by atomic mass is 16.4. The zero-order valence-corrected chi connectivity index (χ0v) is 10.1. The average Bonchev–Trinajstić information content (AvgIpc) is 2.51. The Hall–Kier alpha value is -2.04. The molecule has 0 unspecified atom stereocenters. The topological polar surface area (TPSA) is 81.1 Å². The largest absolute Gasteiger partial charge is 0.477 e. The third-order valence-corrected chi connectivity index (χ3v) is 2.89. The maximum absolute atomic E-state index is 11.1. The fourth-order valence-electron chi connectivity index (χ4n) is 1.92. The van der Waals surface area contributed by atoms with Gasteiger partial charge in [-0.05, 0) is 18.1 Å². The fraction of sp³-hybridized carbons (Fsp3) is 0.333. The Morgan fingerprint density at radius 2 is 2.12 bits per heavy atom. The number of nitrogens with zero attached hydrogens (tertiary/aromatic N) is 2. The highest BCUT2D eigenvalue weighted by molar-refractivity contribution is 6.04. The number of pyridine rings is 1. The van der Waals surface area contributed by atoms with Crippen LogP contribution in [0.3, 0.4) is 0 Å². The highest BCUT2D eigenvalue weighted by Crippen LogP contribution is 2.27. The highest BCUT2D eigenvalue weighted by Gasteiger charge is 2.19. The Morgan fingerprint density at radius 1 is 1.47 bits per heavy atom. The summed E-state index contributed by atoms with van der Waals surface area (Å²) in [6.45, 7) is 4.08. The van der Waals surface area contributed by atoms with Gasteiger partial charge in [-0.2, -0.15) is 0 Å². The van der Waals surface area contributed by atoms with Crippen molar-refractivity contribution in [3.8, 4) is 0 Å². The van der Waals surface area contributed by atoms with Crippen molar-refractivity contribution in [2.75, 3.05) is 5.73 Å². The van der Waals surface area contributed by atoms with E-state index in [1.807, 2.05) is 26.0 Å². The number of carboxylic acid groups (broad SMARTS) is 1. The minimum absolute atomic E-state index is 0.0911. The maximum Gasteiger partial charge on any atom is 0.354 e. The van der Waals surface area contributed by atoms with Crippen molar-refractivity contribution in [3.05, 3.63) is 23.5 Å². The van der Waals surface area contributed by atoms with E-state index in [9.17, 15) is 4.79 Å². The van der Waals surface area contributed by atoms with Gasteiger partial charge in [-0.1, -0.05) is 13.8 Å². The molecule has 0 fully saturated rings. The Kier molecular flexibility index (Phi) is 2.53. The number of aromatic carboxylic acids is 1. The number of rotatable bonds is 2. The first-order valence-corrected chi connectivity index (χ1v) is 5.41. The summed E-state index contributed by atoms with van der Waals surface area (Å²) in [5, 5.41) is 9.79. The molecule has 5 nitrogen and oxygen atoms in total. The standard InChI is InChI=1S/C12H15N3O2/c1-6(2)8-5-4-7-9(13)10(12(16)17)15(3)11(7)14-8/h4-6H,13H2,1-3H3,(H,16,17). The minimum atomic E-state index is -1.03. The van der Waals surface area contributed by atoms with Crippen molar-refractivity contribution in [1.82, 2.24) is 9.55 Å². The van der Waals surface area contributed by atoms with E-state index >= 15 is 0 Å². The molecule has 90 valence electrons. The molecule has 0 bridgehead atoms. The molecular weight excluding hydrogens is 218 g/mol. The molecule has 5 heteroatoms. The molecule has 2 heterocycles. The summed E-state index contributed by atoms with van der Waals surface area (Å²) in [4.78, 5) is 15.6. The number of nitrogen functional groups attached to an aromatic ring is 1. The van der Waals surface area contributed by atoms with Crippen molar-refractivity contribution in [3.63, 3.8) is 0 Å². The van der Waals surface area contributed by atoms with Gasteiger partial charge in [0.2, 0.25) is 0 Å². The van der Waals surface area contributed by atoms with Gasteiger partial charge in [0.15, 0.2) is 5.69 Å². The predicted octanol–water partition coefficient (Wildman–Crippen LogP) is 1.98. The Morgan fingerprint density at radius 3 is 2.65 bits per heavy atom. The maximum atomic E-state index is 11.1. The second-order valence-electron chi connectivity index (χ2n) is 4.39. The zero-order valence-electron chi connectivity index (χ0n) is 10.1. The summed E-state index contributed by atoms with van der Waals surface area (Å²) < 4.78 is 1.53. The number of carbonyl (C=O) groups is 1. The number of carboxylic acids is 1. The minimum Gasteiger partial charge on any atom is -0.477 e. The van der Waals surface area contributed by atoms with Crippen LogP contribution in [0.2, 0.25) is 0 Å². The van der Waals surface area contributed by atoms with Crippen LogP contribution in [0.5, 0.6) is 0 Å². The predicted molar refractivity (Wildman–Crippen MR) is 66.2 cm³/mol. The van der Waals surface area contributed by atoms with Crippen LogP contribution in [0, 0.1) is 0 Å². The summed E-state index contributed by atoms with van der Waals surface area (Å²) in [7, 11) is 1.67. The van der Waals surface area contributed by atoms with Crippen molar-refractivity contribution in [2.24, 2.45) is 7.05 Å². The number of nitrogens with two attached hydrogens (primary N) is 1. The lowest BCUT2D eigenvalue weighted by molar-refractivity contribution is 0.0688. The molecule has 0 saturated carbocycles. The van der Waals surface area contributed by atoms with Gasteiger partial charge in [0.05, 0.1) is 5.69 Å². The SMILES string of the molecule is CC(C)c1ccc2c(N)c(C(=O)O)n(C)c2n1. The average molecular weight is 233 g/mol. The lowest BCUT2D eigenvalue weighted by atomic mass is 10.1. The van der Waals surface area contributed by atoms with Crippen molar-refractivity contribution in [2.45, 2.75) is 19.8 Å². The second-order valence-corrected chi connectivity index (χ2v) is 4.39. The molecule has 0 aliphatic heterocycles. The Bertz CT molecular complexity index is 599. The summed E-state index contributed by atoms with van der Waals surface area (Å²) in [6, 6.07) is 3.72. The molecule has 3 N–H and O–H groups in total. The second kappa shape index (κ2) is 3.76. The van der Waals surface area contributed by atoms with Gasteiger partial charge >= 0.3 is 5.97 Å². The van der Waals surface area contributed by atoms with E-state index in [4.69, 9.17) is 10.8 Å². The monoisotopic (exact) mass is 233 g/mol. The van der Waals surface area contributed by atoms with E-state index in [1.54, 1.807) is 7.05 Å². The molecule has 2 rings (SSSR count). The molecule has 0 aliphatic carbocycles. The van der Waals surface area contributed by atoms with Crippen LogP contribution in [0.15, 0.2) is 12.1 Å². The summed E-state index contributed by atoms with van der Waals surface area (Å²) >= 11 is 0. The van der Waals surface area contributed by atoms with Crippen LogP contribution in [0.1, 0.15) is 35.9 Å². The molecule has 2 aromatic rings. The van der Waals surface area contributed by atoms with Gasteiger partial charge < -0.3 is 15.4 Å². The number of aromatic nitrogens is 2. The molecule has 17 heavy (non-hydrogen) atoms. The zero-order chi connectivity index (χ0) is 12.7. The first-order valence-electron chi connectivity index (χ1n) is 5.41. The molecule has 2 aromatic heterocycles. The summed E-state index contributed by atoms with van der Waals surface area (Å²) in [5.41, 5.74) is 7.73. The van der Waals surface area contributed by atoms with E-state index in [2.05, 4.69) is 4.98 Å². The fourth-order valence-corrected chi connectivity index (χ4v) is 1.92. The number of hydrogen-bond donors (Lipinski definition) is 2. The van der Waals surface area contributed by atoms with Gasteiger partial charge in [0.25, 0.3) is 0 Å². The summed E-state index contributed by atoms with van der Waals surface area (Å²) in [5.74, 6) is -0.738. The van der Waals surface area contributed by atoms with Crippen LogP contribution in [-0.4, -0.2) is 20.6 Å². The molecule has 0 radical (unpaired) electrons. The molecule has 0 aliphatic rings. The number of hydrogen-bond acceptors (Lipinski definition) is 3. The molecule has 0 saturated heterocycles. The van der Waals surface area contributed by atoms with Crippen LogP contribution in [-0.2, 0) is 7.05 Å². The smallest absolute Gasteiger partial charge is 0.354 e. The molecular formula is C12H15N3O2. The lowest BCUT2D eigenvalue weighted by Crippen LogP contribution is -2.07. The van der Waals surface area contributed by atoms with E-state index < -0.39 is 5.97 Å². The van der Waals surface area contributed by atoms with Gasteiger partial charge in [-0.25, -0.2) is 9.78 Å². The lowest BCUT2D eigenvalue weighted by Gasteiger charge is -2.04. The van der Waals surface area contributed by atoms with Gasteiger partial charge in [-0.3, -0.25) is 0 Å². The van der Waals surface area contributed by atoms with E-state index in [0.717, 1.165) is 5.69 Å². The van der Waals surface area contributed by atoms with Crippen LogP contribution < -0.4 is 5.73 Å². The number of fused-ring (bicyclic) bond motifs is 1. The first-order chi connectivity index (χ1) is 7.93. The number of anilines is 1. The van der Waals surface area contributed by atoms with E-state index in [-0.39, 0.29) is 11.4 Å². The normalized spacial score (nSPS) is 11.3. The Balaban J connectivity index is 2.79. The van der Waals surface area contributed by atoms with Crippen LogP contribution >= 0.6 is 0 Å². The van der Waals surface area contributed by atoms with Crippen molar-refractivity contribution in [1.29, 1.82) is 0 Å². The van der Waals surface area contributed by atoms with Crippen molar-refractivity contribution < 1.29 is 9.90 Å². The third kappa shape index (κ3) is 1.63. The number of aryl methyl sites for hydroxylation is 1.